The number of aromatic nitrogens is 2. The zero-order valence-electron chi connectivity index (χ0n) is 8.55. The van der Waals surface area contributed by atoms with Crippen molar-refractivity contribution < 1.29 is 9.50 Å². The summed E-state index contributed by atoms with van der Waals surface area (Å²) in [5.41, 5.74) is 0.979. The first-order valence-electron chi connectivity index (χ1n) is 4.95. The Bertz CT molecular complexity index is 462. The quantitative estimate of drug-likeness (QED) is 0.855. The summed E-state index contributed by atoms with van der Waals surface area (Å²) in [6.45, 7) is 0. The molecule has 0 bridgehead atoms. The fourth-order valence-corrected chi connectivity index (χ4v) is 1.48. The van der Waals surface area contributed by atoms with E-state index in [9.17, 15) is 9.50 Å². The molecule has 1 atom stereocenters. The van der Waals surface area contributed by atoms with Gasteiger partial charge in [0.1, 0.15) is 5.82 Å². The van der Waals surface area contributed by atoms with Crippen LogP contribution in [0.4, 0.5) is 4.39 Å². The predicted molar refractivity (Wildman–Crippen MR) is 57.1 cm³/mol. The van der Waals surface area contributed by atoms with Gasteiger partial charge < -0.3 is 5.11 Å². The molecule has 2 heterocycles. The summed E-state index contributed by atoms with van der Waals surface area (Å²) in [6.07, 6.45) is 3.60. The first kappa shape index (κ1) is 10.7. The van der Waals surface area contributed by atoms with Crippen LogP contribution in [0.5, 0.6) is 0 Å². The normalized spacial score (nSPS) is 12.4. The summed E-state index contributed by atoms with van der Waals surface area (Å²) >= 11 is 0. The van der Waals surface area contributed by atoms with Crippen LogP contribution in [0.2, 0.25) is 0 Å². The van der Waals surface area contributed by atoms with E-state index in [4.69, 9.17) is 0 Å². The van der Waals surface area contributed by atoms with E-state index in [1.54, 1.807) is 18.3 Å². The monoisotopic (exact) mass is 218 g/mol. The van der Waals surface area contributed by atoms with Crippen LogP contribution in [0, 0.1) is 5.82 Å². The van der Waals surface area contributed by atoms with Gasteiger partial charge in [-0.1, -0.05) is 6.07 Å². The van der Waals surface area contributed by atoms with Crippen LogP contribution in [0.15, 0.2) is 42.9 Å². The average Bonchev–Trinajstić information content (AvgIpc) is 2.31. The molecule has 2 rings (SSSR count). The minimum Gasteiger partial charge on any atom is -0.388 e. The fraction of sp³-hybridized carbons (Fsp3) is 0.167. The Morgan fingerprint density at radius 3 is 2.81 bits per heavy atom. The maximum Gasteiger partial charge on any atom is 0.147 e. The number of halogens is 1. The summed E-state index contributed by atoms with van der Waals surface area (Å²) in [5.74, 6) is -0.495. The van der Waals surface area contributed by atoms with E-state index in [1.165, 1.54) is 12.3 Å². The minimum absolute atomic E-state index is 0.251. The van der Waals surface area contributed by atoms with Crippen LogP contribution >= 0.6 is 0 Å². The third-order valence-corrected chi connectivity index (χ3v) is 2.29. The number of aliphatic hydroxyl groups excluding tert-OH is 1. The SMILES string of the molecule is OC(Cc1ccccn1)c1ccncc1F. The van der Waals surface area contributed by atoms with E-state index in [2.05, 4.69) is 9.97 Å². The van der Waals surface area contributed by atoms with Gasteiger partial charge in [0.05, 0.1) is 12.3 Å². The van der Waals surface area contributed by atoms with Crippen molar-refractivity contribution in [2.75, 3.05) is 0 Å². The van der Waals surface area contributed by atoms with E-state index in [0.717, 1.165) is 11.9 Å². The Labute approximate surface area is 92.6 Å². The Morgan fingerprint density at radius 2 is 2.12 bits per heavy atom. The molecule has 0 aliphatic carbocycles. The van der Waals surface area contributed by atoms with Gasteiger partial charge in [-0.2, -0.15) is 0 Å². The fourth-order valence-electron chi connectivity index (χ4n) is 1.48. The summed E-state index contributed by atoms with van der Waals surface area (Å²) in [6, 6.07) is 6.89. The molecule has 0 fully saturated rings. The van der Waals surface area contributed by atoms with Gasteiger partial charge in [-0.15, -0.1) is 0 Å². The highest BCUT2D eigenvalue weighted by molar-refractivity contribution is 5.18. The van der Waals surface area contributed by atoms with Gasteiger partial charge in [-0.25, -0.2) is 4.39 Å². The standard InChI is InChI=1S/C12H11FN2O/c13-11-8-14-6-4-10(11)12(16)7-9-3-1-2-5-15-9/h1-6,8,12,16H,7H2. The molecule has 2 aromatic rings. The van der Waals surface area contributed by atoms with Crippen molar-refractivity contribution in [1.82, 2.24) is 9.97 Å². The van der Waals surface area contributed by atoms with E-state index >= 15 is 0 Å². The van der Waals surface area contributed by atoms with E-state index in [-0.39, 0.29) is 5.56 Å². The highest BCUT2D eigenvalue weighted by atomic mass is 19.1. The third kappa shape index (κ3) is 2.41. The molecule has 0 spiro atoms. The van der Waals surface area contributed by atoms with Crippen molar-refractivity contribution in [2.45, 2.75) is 12.5 Å². The molecule has 0 aliphatic rings. The Kier molecular flexibility index (Phi) is 3.22. The van der Waals surface area contributed by atoms with Gasteiger partial charge >= 0.3 is 0 Å². The molecule has 0 saturated carbocycles. The highest BCUT2D eigenvalue weighted by Crippen LogP contribution is 2.19. The smallest absolute Gasteiger partial charge is 0.147 e. The minimum atomic E-state index is -0.891. The van der Waals surface area contributed by atoms with Crippen molar-refractivity contribution in [3.63, 3.8) is 0 Å². The molecule has 4 heteroatoms. The molecule has 1 N–H and O–H groups in total. The number of aliphatic hydroxyl groups is 1. The van der Waals surface area contributed by atoms with Crippen LogP contribution in [-0.2, 0) is 6.42 Å². The number of hydrogen-bond donors (Lipinski definition) is 1. The summed E-state index contributed by atoms with van der Waals surface area (Å²) < 4.78 is 13.3. The molecule has 0 amide bonds. The van der Waals surface area contributed by atoms with Gasteiger partial charge in [0.25, 0.3) is 0 Å². The zero-order valence-corrected chi connectivity index (χ0v) is 8.55. The molecule has 2 aromatic heterocycles. The number of nitrogens with zero attached hydrogens (tertiary/aromatic N) is 2. The lowest BCUT2D eigenvalue weighted by Crippen LogP contribution is -2.05. The van der Waals surface area contributed by atoms with Crippen LogP contribution in [0.25, 0.3) is 0 Å². The second-order valence-corrected chi connectivity index (χ2v) is 3.44. The van der Waals surface area contributed by atoms with Crippen molar-refractivity contribution >= 4 is 0 Å². The molecule has 0 radical (unpaired) electrons. The molecule has 16 heavy (non-hydrogen) atoms. The topological polar surface area (TPSA) is 46.0 Å². The highest BCUT2D eigenvalue weighted by Gasteiger charge is 2.13. The third-order valence-electron chi connectivity index (χ3n) is 2.29. The van der Waals surface area contributed by atoms with Gasteiger partial charge in [0.15, 0.2) is 0 Å². The average molecular weight is 218 g/mol. The Balaban J connectivity index is 2.15. The lowest BCUT2D eigenvalue weighted by atomic mass is 10.1. The van der Waals surface area contributed by atoms with Crippen molar-refractivity contribution in [2.24, 2.45) is 0 Å². The van der Waals surface area contributed by atoms with E-state index in [1.807, 2.05) is 6.07 Å². The van der Waals surface area contributed by atoms with Crippen LogP contribution in [-0.4, -0.2) is 15.1 Å². The second kappa shape index (κ2) is 4.81. The molecule has 1 unspecified atom stereocenters. The summed E-state index contributed by atoms with van der Waals surface area (Å²) in [7, 11) is 0. The van der Waals surface area contributed by atoms with Gasteiger partial charge in [0, 0.05) is 30.1 Å². The Hall–Kier alpha value is -1.81. The van der Waals surface area contributed by atoms with E-state index < -0.39 is 11.9 Å². The van der Waals surface area contributed by atoms with Crippen molar-refractivity contribution in [3.8, 4) is 0 Å². The molecule has 0 saturated heterocycles. The maximum absolute atomic E-state index is 13.3. The summed E-state index contributed by atoms with van der Waals surface area (Å²) in [4.78, 5) is 7.71. The number of pyridine rings is 2. The number of hydrogen-bond acceptors (Lipinski definition) is 3. The van der Waals surface area contributed by atoms with Gasteiger partial charge in [-0.3, -0.25) is 9.97 Å². The number of rotatable bonds is 3. The maximum atomic E-state index is 13.3. The predicted octanol–water partition coefficient (Wildman–Crippen LogP) is 1.89. The lowest BCUT2D eigenvalue weighted by molar-refractivity contribution is 0.172. The molecule has 3 nitrogen and oxygen atoms in total. The second-order valence-electron chi connectivity index (χ2n) is 3.44. The van der Waals surface area contributed by atoms with Crippen molar-refractivity contribution in [1.29, 1.82) is 0 Å². The molecular formula is C12H11FN2O. The van der Waals surface area contributed by atoms with Gasteiger partial charge in [0.2, 0.25) is 0 Å². The van der Waals surface area contributed by atoms with Crippen molar-refractivity contribution in [3.05, 3.63) is 59.9 Å². The van der Waals surface area contributed by atoms with Crippen LogP contribution in [0.1, 0.15) is 17.4 Å². The Morgan fingerprint density at radius 1 is 1.25 bits per heavy atom. The largest absolute Gasteiger partial charge is 0.388 e. The first-order chi connectivity index (χ1) is 7.77. The van der Waals surface area contributed by atoms with E-state index in [0.29, 0.717) is 6.42 Å². The molecule has 82 valence electrons. The molecule has 0 aromatic carbocycles. The van der Waals surface area contributed by atoms with Crippen LogP contribution < -0.4 is 0 Å². The molecule has 0 aliphatic heterocycles. The first-order valence-corrected chi connectivity index (χ1v) is 4.95. The van der Waals surface area contributed by atoms with Crippen LogP contribution in [0.3, 0.4) is 0 Å². The summed E-state index contributed by atoms with van der Waals surface area (Å²) in [5, 5.41) is 9.85. The zero-order chi connectivity index (χ0) is 11.4. The molecular weight excluding hydrogens is 207 g/mol. The lowest BCUT2D eigenvalue weighted by Gasteiger charge is -2.10. The van der Waals surface area contributed by atoms with Gasteiger partial charge in [-0.05, 0) is 18.2 Å².